The van der Waals surface area contributed by atoms with Crippen LogP contribution in [0.4, 0.5) is 0 Å². The summed E-state index contributed by atoms with van der Waals surface area (Å²) >= 11 is 0. The average Bonchev–Trinajstić information content (AvgIpc) is 3.13. The van der Waals surface area contributed by atoms with Gasteiger partial charge in [0.05, 0.1) is 11.8 Å². The molecule has 6 aliphatic heterocycles. The topological polar surface area (TPSA) is 241 Å². The van der Waals surface area contributed by atoms with Crippen molar-refractivity contribution in [2.24, 2.45) is 35.5 Å². The summed E-state index contributed by atoms with van der Waals surface area (Å²) < 4.78 is 0. The van der Waals surface area contributed by atoms with Gasteiger partial charge in [0.2, 0.25) is 0 Å². The molecule has 8 rings (SSSR count). The fourth-order valence-corrected chi connectivity index (χ4v) is 9.54. The Morgan fingerprint density at radius 2 is 0.654 bits per heavy atom. The van der Waals surface area contributed by atoms with Crippen molar-refractivity contribution in [3.05, 3.63) is 21.3 Å². The fraction of sp³-hybridized carbons (Fsp3) is 0.944. The Labute approximate surface area is 332 Å². The van der Waals surface area contributed by atoms with Gasteiger partial charge in [0.1, 0.15) is 0 Å². The van der Waals surface area contributed by atoms with Crippen LogP contribution in [-0.2, 0) is 43.7 Å². The summed E-state index contributed by atoms with van der Waals surface area (Å²) in [6, 6.07) is 2.51. The average molecular weight is 838 g/mol. The van der Waals surface area contributed by atoms with Crippen molar-refractivity contribution in [1.29, 1.82) is 0 Å². The summed E-state index contributed by atoms with van der Waals surface area (Å²) in [5.41, 5.74) is 0. The predicted molar refractivity (Wildman–Crippen MR) is 192 cm³/mol. The van der Waals surface area contributed by atoms with E-state index in [0.29, 0.717) is 76.0 Å². The first-order chi connectivity index (χ1) is 23.3. The van der Waals surface area contributed by atoms with E-state index in [1.807, 2.05) is 0 Å². The Hall–Kier alpha value is -0.421. The first kappa shape index (κ1) is 49.6. The van der Waals surface area contributed by atoms with Crippen LogP contribution in [0.25, 0.3) is 21.3 Å². The van der Waals surface area contributed by atoms with Gasteiger partial charge < -0.3 is 52.8 Å². The Balaban J connectivity index is 0.000000343. The van der Waals surface area contributed by atoms with Gasteiger partial charge in [0, 0.05) is 26.2 Å². The molecule has 2 saturated carbocycles. The minimum absolute atomic E-state index is 0. The van der Waals surface area contributed by atoms with Crippen LogP contribution in [0.1, 0.15) is 103 Å². The number of hydrogen-bond acceptors (Lipinski definition) is 6. The van der Waals surface area contributed by atoms with Gasteiger partial charge in [0.15, 0.2) is 0 Å². The molecule has 8 aliphatic rings. The van der Waals surface area contributed by atoms with Gasteiger partial charge in [-0.15, -0.1) is 50.3 Å². The summed E-state index contributed by atoms with van der Waals surface area (Å²) in [5.74, 6) is 1.60. The number of aliphatic carboxylic acids is 2. The number of piperidine rings is 6. The van der Waals surface area contributed by atoms with Crippen molar-refractivity contribution in [3.8, 4) is 0 Å². The molecule has 0 aromatic carbocycles. The molecule has 0 aromatic heterocycles. The zero-order chi connectivity index (χ0) is 33.9. The second kappa shape index (κ2) is 25.7. The van der Waals surface area contributed by atoms with Crippen LogP contribution in [0.3, 0.4) is 0 Å². The van der Waals surface area contributed by atoms with Gasteiger partial charge in [0.25, 0.3) is 0 Å². The minimum atomic E-state index is -0.742. The van der Waals surface area contributed by atoms with E-state index < -0.39 is 11.9 Å². The van der Waals surface area contributed by atoms with Crippen molar-refractivity contribution < 1.29 is 75.3 Å². The Kier molecular flexibility index (Phi) is 24.5. The number of carboxylic acids is 2. The van der Waals surface area contributed by atoms with Crippen molar-refractivity contribution in [1.82, 2.24) is 10.1 Å². The van der Waals surface area contributed by atoms with Gasteiger partial charge in [-0.2, -0.15) is 10.1 Å². The standard InChI is InChI=1S/2C12H20N2.2C6H11NO3.2Cu.2H2O/c2*1-3-9-5-6-10-4-2-8-14-12(10)11(9)13-7-1;2*8-6(9)5-1-3-7(10)4-2-5;;;;/h2*9-12H,1-8H2;2*5,10H,1-4H2,(H,8,9);;;2*1H2/q2*-2;;;2*+1;;. The third-order valence-electron chi connectivity index (χ3n) is 12.4. The quantitative estimate of drug-likeness (QED) is 0.279. The smallest absolute Gasteiger partial charge is 0.660 e. The molecule has 16 heteroatoms. The van der Waals surface area contributed by atoms with Crippen LogP contribution in [0, 0.1) is 35.5 Å². The number of nitrogens with zero attached hydrogens (tertiary/aromatic N) is 6. The molecule has 8 fully saturated rings. The molecular weight excluding hydrogens is 772 g/mol. The SMILES string of the molecule is C1C[N-]C2C(C1)CCC1CCC[N-]C12.C1C[N-]C2C(C1)CCC1CCC[N-]C12.O.O.O=C(O)C1CCN(O)CC1.O=C(O)C1CCN(O)CC1.[Cu+].[Cu+]. The van der Waals surface area contributed by atoms with Crippen LogP contribution in [0.2, 0.25) is 0 Å². The van der Waals surface area contributed by atoms with Crippen molar-refractivity contribution in [3.63, 3.8) is 0 Å². The third-order valence-corrected chi connectivity index (χ3v) is 12.4. The van der Waals surface area contributed by atoms with Crippen LogP contribution >= 0.6 is 0 Å². The fourth-order valence-electron chi connectivity index (χ4n) is 9.54. The number of carboxylic acid groups (broad SMARTS) is 2. The normalized spacial score (nSPS) is 34.7. The maximum absolute atomic E-state index is 10.4. The van der Waals surface area contributed by atoms with E-state index >= 15 is 0 Å². The van der Waals surface area contributed by atoms with Gasteiger partial charge in [-0.3, -0.25) is 9.59 Å². The number of rotatable bonds is 2. The summed E-state index contributed by atoms with van der Waals surface area (Å²) in [6.45, 7) is 6.38. The Morgan fingerprint density at radius 1 is 0.423 bits per heavy atom. The molecule has 0 radical (unpaired) electrons. The van der Waals surface area contributed by atoms with Gasteiger partial charge >= 0.3 is 46.1 Å². The summed E-state index contributed by atoms with van der Waals surface area (Å²) in [5, 5.41) is 56.4. The van der Waals surface area contributed by atoms with E-state index in [1.54, 1.807) is 0 Å². The number of hydroxylamine groups is 4. The van der Waals surface area contributed by atoms with Crippen molar-refractivity contribution in [2.75, 3.05) is 52.4 Å². The monoisotopic (exact) mass is 836 g/mol. The molecule has 8 N–H and O–H groups in total. The number of hydrogen-bond donors (Lipinski definition) is 4. The predicted octanol–water partition coefficient (Wildman–Crippen LogP) is 4.86. The minimum Gasteiger partial charge on any atom is -0.660 e. The van der Waals surface area contributed by atoms with Crippen LogP contribution in [0.5, 0.6) is 0 Å². The molecule has 6 saturated heterocycles. The second-order valence-electron chi connectivity index (χ2n) is 15.5. The molecule has 0 aromatic rings. The van der Waals surface area contributed by atoms with Crippen molar-refractivity contribution in [2.45, 2.75) is 127 Å². The molecule has 6 heterocycles. The maximum atomic E-state index is 10.4. The van der Waals surface area contributed by atoms with Crippen LogP contribution < -0.4 is 0 Å². The van der Waals surface area contributed by atoms with Crippen molar-refractivity contribution >= 4 is 11.9 Å². The van der Waals surface area contributed by atoms with E-state index in [4.69, 9.17) is 41.9 Å². The van der Waals surface area contributed by atoms with E-state index in [0.717, 1.165) is 49.9 Å². The third kappa shape index (κ3) is 14.6. The molecular formula is C36H66Cu2N6O8-2. The summed E-state index contributed by atoms with van der Waals surface area (Å²) in [4.78, 5) is 20.7. The molecule has 8 atom stereocenters. The van der Waals surface area contributed by atoms with Crippen LogP contribution in [-0.4, -0.2) is 130 Å². The number of carbonyl (C=O) groups is 2. The largest absolute Gasteiger partial charge is 1.00 e. The molecule has 0 bridgehead atoms. The molecule has 52 heavy (non-hydrogen) atoms. The van der Waals surface area contributed by atoms with Crippen LogP contribution in [0.15, 0.2) is 0 Å². The zero-order valence-electron chi connectivity index (χ0n) is 30.6. The van der Waals surface area contributed by atoms with Gasteiger partial charge in [-0.05, 0) is 25.7 Å². The Morgan fingerprint density at radius 3 is 0.865 bits per heavy atom. The van der Waals surface area contributed by atoms with E-state index in [2.05, 4.69) is 0 Å². The molecule has 14 nitrogen and oxygen atoms in total. The van der Waals surface area contributed by atoms with E-state index in [9.17, 15) is 9.59 Å². The summed E-state index contributed by atoms with van der Waals surface area (Å²) in [6.07, 6.45) is 19.0. The Bertz CT molecular complexity index is 874. The van der Waals surface area contributed by atoms with Gasteiger partial charge in [-0.25, -0.2) is 0 Å². The first-order valence-electron chi connectivity index (χ1n) is 19.3. The zero-order valence-corrected chi connectivity index (χ0v) is 32.5. The molecule has 0 spiro atoms. The molecule has 2 aliphatic carbocycles. The van der Waals surface area contributed by atoms with E-state index in [1.165, 1.54) is 87.2 Å². The summed E-state index contributed by atoms with van der Waals surface area (Å²) in [7, 11) is 0. The molecule has 312 valence electrons. The molecule has 8 unspecified atom stereocenters. The maximum Gasteiger partial charge on any atom is 1.00 e. The first-order valence-corrected chi connectivity index (χ1v) is 19.3. The second-order valence-corrected chi connectivity index (χ2v) is 15.5. The number of fused-ring (bicyclic) bond motifs is 6. The van der Waals surface area contributed by atoms with Gasteiger partial charge in [-0.1, -0.05) is 101 Å². The van der Waals surface area contributed by atoms with E-state index in [-0.39, 0.29) is 56.9 Å². The molecule has 0 amide bonds.